The van der Waals surface area contributed by atoms with Gasteiger partial charge in [-0.05, 0) is 18.8 Å². The van der Waals surface area contributed by atoms with Crippen LogP contribution in [-0.2, 0) is 13.0 Å². The van der Waals surface area contributed by atoms with Crippen molar-refractivity contribution in [2.75, 3.05) is 5.73 Å². The number of imidazole rings is 1. The number of rotatable bonds is 0. The maximum absolute atomic E-state index is 5.68. The molecule has 60 valence electrons. The Kier molecular flexibility index (Phi) is 1.37. The Balaban J connectivity index is 2.37. The summed E-state index contributed by atoms with van der Waals surface area (Å²) < 4.78 is 2.12. The summed E-state index contributed by atoms with van der Waals surface area (Å²) in [5.74, 6) is 1.42. The van der Waals surface area contributed by atoms with E-state index in [1.807, 2.05) is 6.20 Å². The number of hydrogen-bond acceptors (Lipinski definition) is 2. The number of hydrogen-bond donors (Lipinski definition) is 1. The third kappa shape index (κ3) is 1.00. The molecule has 3 nitrogen and oxygen atoms in total. The predicted octanol–water partition coefficient (Wildman–Crippen LogP) is 1.05. The topological polar surface area (TPSA) is 43.8 Å². The van der Waals surface area contributed by atoms with Gasteiger partial charge in [0, 0.05) is 12.2 Å². The molecule has 2 rings (SSSR count). The molecule has 1 aliphatic rings. The van der Waals surface area contributed by atoms with Crippen molar-refractivity contribution in [1.82, 2.24) is 9.55 Å². The maximum atomic E-state index is 5.68. The lowest BCUT2D eigenvalue weighted by atomic mass is 10.0. The standard InChI is InChI=1S/C8H13N3/c1-6-2-3-7-4-10-8(9)11(7)5-6/h4,6H,2-3,5H2,1H3,(H2,9,10). The van der Waals surface area contributed by atoms with Crippen molar-refractivity contribution in [2.24, 2.45) is 5.92 Å². The highest BCUT2D eigenvalue weighted by Crippen LogP contribution is 2.21. The van der Waals surface area contributed by atoms with Crippen molar-refractivity contribution in [3.63, 3.8) is 0 Å². The average Bonchev–Trinajstić information content (AvgIpc) is 2.33. The van der Waals surface area contributed by atoms with Gasteiger partial charge in [0.25, 0.3) is 0 Å². The lowest BCUT2D eigenvalue weighted by molar-refractivity contribution is 0.403. The second-order valence-electron chi connectivity index (χ2n) is 3.36. The summed E-state index contributed by atoms with van der Waals surface area (Å²) in [6.07, 6.45) is 4.29. The smallest absolute Gasteiger partial charge is 0.200 e. The Morgan fingerprint density at radius 3 is 3.36 bits per heavy atom. The van der Waals surface area contributed by atoms with E-state index in [4.69, 9.17) is 5.73 Å². The quantitative estimate of drug-likeness (QED) is 0.602. The fourth-order valence-corrected chi connectivity index (χ4v) is 1.63. The number of aryl methyl sites for hydroxylation is 1. The normalized spacial score (nSPS) is 23.2. The van der Waals surface area contributed by atoms with Gasteiger partial charge in [-0.3, -0.25) is 0 Å². The molecule has 1 aromatic heterocycles. The first kappa shape index (κ1) is 6.70. The van der Waals surface area contributed by atoms with Crippen molar-refractivity contribution in [2.45, 2.75) is 26.3 Å². The van der Waals surface area contributed by atoms with Crippen LogP contribution in [0.4, 0.5) is 5.95 Å². The second kappa shape index (κ2) is 2.26. The van der Waals surface area contributed by atoms with Crippen LogP contribution in [0.5, 0.6) is 0 Å². The number of aromatic nitrogens is 2. The fourth-order valence-electron chi connectivity index (χ4n) is 1.63. The van der Waals surface area contributed by atoms with Crippen LogP contribution in [0.1, 0.15) is 19.0 Å². The van der Waals surface area contributed by atoms with Crippen molar-refractivity contribution in [3.8, 4) is 0 Å². The first-order valence-electron chi connectivity index (χ1n) is 4.07. The van der Waals surface area contributed by atoms with E-state index in [0.717, 1.165) is 18.9 Å². The molecule has 1 unspecified atom stereocenters. The van der Waals surface area contributed by atoms with Crippen LogP contribution in [0.2, 0.25) is 0 Å². The molecule has 0 aliphatic carbocycles. The van der Waals surface area contributed by atoms with Crippen molar-refractivity contribution >= 4 is 5.95 Å². The van der Waals surface area contributed by atoms with Gasteiger partial charge < -0.3 is 10.3 Å². The molecule has 0 bridgehead atoms. The van der Waals surface area contributed by atoms with Gasteiger partial charge in [-0.2, -0.15) is 0 Å². The van der Waals surface area contributed by atoms with Crippen LogP contribution in [0.3, 0.4) is 0 Å². The maximum Gasteiger partial charge on any atom is 0.200 e. The minimum absolute atomic E-state index is 0.673. The van der Waals surface area contributed by atoms with Crippen molar-refractivity contribution in [3.05, 3.63) is 11.9 Å². The molecule has 11 heavy (non-hydrogen) atoms. The third-order valence-corrected chi connectivity index (χ3v) is 2.36. The van der Waals surface area contributed by atoms with E-state index in [9.17, 15) is 0 Å². The van der Waals surface area contributed by atoms with Gasteiger partial charge in [-0.15, -0.1) is 0 Å². The Bertz CT molecular complexity index is 264. The molecule has 0 saturated carbocycles. The molecule has 0 amide bonds. The van der Waals surface area contributed by atoms with E-state index in [0.29, 0.717) is 5.95 Å². The Morgan fingerprint density at radius 2 is 2.55 bits per heavy atom. The summed E-state index contributed by atoms with van der Waals surface area (Å²) in [6.45, 7) is 3.30. The number of nitrogen functional groups attached to an aromatic ring is 1. The molecule has 3 heteroatoms. The van der Waals surface area contributed by atoms with E-state index >= 15 is 0 Å². The summed E-state index contributed by atoms with van der Waals surface area (Å²) in [5, 5.41) is 0. The minimum atomic E-state index is 0.673. The Labute approximate surface area is 66.2 Å². The molecule has 1 aliphatic heterocycles. The second-order valence-corrected chi connectivity index (χ2v) is 3.36. The van der Waals surface area contributed by atoms with Gasteiger partial charge in [0.2, 0.25) is 0 Å². The highest BCUT2D eigenvalue weighted by atomic mass is 15.2. The number of fused-ring (bicyclic) bond motifs is 1. The molecular weight excluding hydrogens is 138 g/mol. The van der Waals surface area contributed by atoms with Crippen LogP contribution in [0.15, 0.2) is 6.20 Å². The van der Waals surface area contributed by atoms with E-state index in [-0.39, 0.29) is 0 Å². The highest BCUT2D eigenvalue weighted by molar-refractivity contribution is 5.23. The predicted molar refractivity (Wildman–Crippen MR) is 44.1 cm³/mol. The van der Waals surface area contributed by atoms with E-state index < -0.39 is 0 Å². The van der Waals surface area contributed by atoms with Crippen LogP contribution in [0.25, 0.3) is 0 Å². The van der Waals surface area contributed by atoms with Crippen LogP contribution in [0, 0.1) is 5.92 Å². The number of nitrogens with zero attached hydrogens (tertiary/aromatic N) is 2. The molecule has 2 N–H and O–H groups in total. The molecular formula is C8H13N3. The molecule has 2 heterocycles. The van der Waals surface area contributed by atoms with Crippen LogP contribution >= 0.6 is 0 Å². The third-order valence-electron chi connectivity index (χ3n) is 2.36. The van der Waals surface area contributed by atoms with E-state index in [2.05, 4.69) is 16.5 Å². The molecule has 1 aromatic rings. The zero-order valence-electron chi connectivity index (χ0n) is 6.75. The minimum Gasteiger partial charge on any atom is -0.369 e. The van der Waals surface area contributed by atoms with Gasteiger partial charge >= 0.3 is 0 Å². The van der Waals surface area contributed by atoms with E-state index in [1.54, 1.807) is 0 Å². The zero-order chi connectivity index (χ0) is 7.84. The van der Waals surface area contributed by atoms with E-state index in [1.165, 1.54) is 12.1 Å². The van der Waals surface area contributed by atoms with Gasteiger partial charge in [-0.1, -0.05) is 6.92 Å². The first-order valence-corrected chi connectivity index (χ1v) is 4.07. The molecule has 0 radical (unpaired) electrons. The Hall–Kier alpha value is -0.990. The molecule has 1 atom stereocenters. The SMILES string of the molecule is CC1CCc2cnc(N)n2C1. The summed E-state index contributed by atoms with van der Waals surface area (Å²) in [5.41, 5.74) is 6.97. The number of anilines is 1. The first-order chi connectivity index (χ1) is 5.27. The fraction of sp³-hybridized carbons (Fsp3) is 0.625. The zero-order valence-corrected chi connectivity index (χ0v) is 6.75. The average molecular weight is 151 g/mol. The van der Waals surface area contributed by atoms with Gasteiger partial charge in [-0.25, -0.2) is 4.98 Å². The van der Waals surface area contributed by atoms with Crippen LogP contribution < -0.4 is 5.73 Å². The summed E-state index contributed by atoms with van der Waals surface area (Å²) >= 11 is 0. The van der Waals surface area contributed by atoms with Gasteiger partial charge in [0.1, 0.15) is 0 Å². The summed E-state index contributed by atoms with van der Waals surface area (Å²) in [6, 6.07) is 0. The van der Waals surface area contributed by atoms with Gasteiger partial charge in [0.15, 0.2) is 5.95 Å². The molecule has 0 spiro atoms. The van der Waals surface area contributed by atoms with Gasteiger partial charge in [0.05, 0.1) is 6.20 Å². The highest BCUT2D eigenvalue weighted by Gasteiger charge is 2.16. The lowest BCUT2D eigenvalue weighted by Gasteiger charge is -2.20. The molecule has 0 aromatic carbocycles. The lowest BCUT2D eigenvalue weighted by Crippen LogP contribution is -2.18. The molecule has 0 saturated heterocycles. The summed E-state index contributed by atoms with van der Waals surface area (Å²) in [7, 11) is 0. The van der Waals surface area contributed by atoms with Crippen LogP contribution in [-0.4, -0.2) is 9.55 Å². The Morgan fingerprint density at radius 1 is 1.73 bits per heavy atom. The van der Waals surface area contributed by atoms with Crippen molar-refractivity contribution < 1.29 is 0 Å². The van der Waals surface area contributed by atoms with Crippen molar-refractivity contribution in [1.29, 1.82) is 0 Å². The summed E-state index contributed by atoms with van der Waals surface area (Å²) in [4.78, 5) is 4.07. The largest absolute Gasteiger partial charge is 0.369 e. The molecule has 0 fully saturated rings. The number of nitrogens with two attached hydrogens (primary N) is 1. The monoisotopic (exact) mass is 151 g/mol.